The number of hydrogen-bond acceptors (Lipinski definition) is 4. The SMILES string of the molecule is Cc1cccc(C)c1N(c1ccccc1)c1nc(C2CCN(C)CC2)c2ccccc2n1. The second kappa shape index (κ2) is 8.71. The fraction of sp³-hybridized carbons (Fsp3) is 0.286. The van der Waals surface area contributed by atoms with Gasteiger partial charge < -0.3 is 4.90 Å². The van der Waals surface area contributed by atoms with Crippen molar-refractivity contribution in [2.24, 2.45) is 0 Å². The summed E-state index contributed by atoms with van der Waals surface area (Å²) in [6, 6.07) is 25.4. The van der Waals surface area contributed by atoms with Crippen molar-refractivity contribution in [1.29, 1.82) is 0 Å². The summed E-state index contributed by atoms with van der Waals surface area (Å²) in [7, 11) is 2.21. The third-order valence-electron chi connectivity index (χ3n) is 6.60. The minimum atomic E-state index is 0.452. The number of rotatable bonds is 4. The van der Waals surface area contributed by atoms with Crippen LogP contribution in [0.4, 0.5) is 17.3 Å². The van der Waals surface area contributed by atoms with Crippen LogP contribution in [0.25, 0.3) is 10.9 Å². The maximum atomic E-state index is 5.28. The fourth-order valence-corrected chi connectivity index (χ4v) is 4.86. The summed E-state index contributed by atoms with van der Waals surface area (Å²) < 4.78 is 0. The lowest BCUT2D eigenvalue weighted by atomic mass is 9.91. The molecule has 1 aliphatic rings. The molecule has 5 rings (SSSR count). The van der Waals surface area contributed by atoms with Crippen molar-refractivity contribution in [3.05, 3.63) is 89.6 Å². The van der Waals surface area contributed by atoms with Gasteiger partial charge in [-0.15, -0.1) is 0 Å². The Morgan fingerprint density at radius 3 is 2.16 bits per heavy atom. The first-order valence-electron chi connectivity index (χ1n) is 11.5. The molecule has 4 heteroatoms. The van der Waals surface area contributed by atoms with Crippen LogP contribution in [0.3, 0.4) is 0 Å². The van der Waals surface area contributed by atoms with E-state index in [4.69, 9.17) is 9.97 Å². The molecule has 3 aromatic carbocycles. The highest BCUT2D eigenvalue weighted by Crippen LogP contribution is 2.39. The predicted octanol–water partition coefficient (Wildman–Crippen LogP) is 6.53. The van der Waals surface area contributed by atoms with Crippen LogP contribution in [0.5, 0.6) is 0 Å². The average molecular weight is 423 g/mol. The van der Waals surface area contributed by atoms with E-state index in [1.54, 1.807) is 0 Å². The maximum absolute atomic E-state index is 5.28. The van der Waals surface area contributed by atoms with Gasteiger partial charge in [0.05, 0.1) is 16.9 Å². The highest BCUT2D eigenvalue weighted by molar-refractivity contribution is 5.85. The van der Waals surface area contributed by atoms with Crippen LogP contribution in [-0.2, 0) is 0 Å². The van der Waals surface area contributed by atoms with Crippen molar-refractivity contribution >= 4 is 28.2 Å². The van der Waals surface area contributed by atoms with E-state index in [1.807, 2.05) is 0 Å². The Bertz CT molecular complexity index is 1210. The zero-order valence-corrected chi connectivity index (χ0v) is 19.1. The largest absolute Gasteiger partial charge is 0.306 e. The Labute approximate surface area is 190 Å². The standard InChI is InChI=1S/C28H30N4/c1-20-10-9-11-21(2)27(20)32(23-12-5-4-6-13-23)28-29-25-15-8-7-14-24(25)26(30-28)22-16-18-31(3)19-17-22/h4-15,22H,16-19H2,1-3H3. The van der Waals surface area contributed by atoms with Gasteiger partial charge >= 0.3 is 0 Å². The minimum Gasteiger partial charge on any atom is -0.306 e. The molecule has 1 fully saturated rings. The molecule has 4 aromatic rings. The normalized spacial score (nSPS) is 15.2. The van der Waals surface area contributed by atoms with Crippen LogP contribution in [-0.4, -0.2) is 35.0 Å². The Hall–Kier alpha value is -3.24. The molecule has 0 bridgehead atoms. The summed E-state index contributed by atoms with van der Waals surface area (Å²) in [6.07, 6.45) is 2.26. The number of aryl methyl sites for hydroxylation is 2. The number of likely N-dealkylation sites (tertiary alicyclic amines) is 1. The Kier molecular flexibility index (Phi) is 5.62. The van der Waals surface area contributed by atoms with E-state index in [9.17, 15) is 0 Å². The van der Waals surface area contributed by atoms with Crippen molar-refractivity contribution < 1.29 is 0 Å². The first kappa shape index (κ1) is 20.7. The second-order valence-electron chi connectivity index (χ2n) is 8.91. The Balaban J connectivity index is 1.73. The highest BCUT2D eigenvalue weighted by atomic mass is 15.3. The summed E-state index contributed by atoms with van der Waals surface area (Å²) in [5.74, 6) is 1.20. The molecular weight excluding hydrogens is 392 g/mol. The van der Waals surface area contributed by atoms with Gasteiger partial charge in [0.15, 0.2) is 0 Å². The number of fused-ring (bicyclic) bond motifs is 1. The number of hydrogen-bond donors (Lipinski definition) is 0. The summed E-state index contributed by atoms with van der Waals surface area (Å²) in [5.41, 5.74) is 6.86. The third-order valence-corrected chi connectivity index (χ3v) is 6.60. The van der Waals surface area contributed by atoms with Gasteiger partial charge in [0.2, 0.25) is 5.95 Å². The molecular formula is C28H30N4. The lowest BCUT2D eigenvalue weighted by Crippen LogP contribution is -2.30. The van der Waals surface area contributed by atoms with Crippen LogP contribution < -0.4 is 4.90 Å². The molecule has 0 N–H and O–H groups in total. The molecule has 162 valence electrons. The fourth-order valence-electron chi connectivity index (χ4n) is 4.86. The maximum Gasteiger partial charge on any atom is 0.235 e. The van der Waals surface area contributed by atoms with E-state index in [0.717, 1.165) is 48.8 Å². The van der Waals surface area contributed by atoms with Crippen LogP contribution >= 0.6 is 0 Å². The first-order chi connectivity index (χ1) is 15.6. The molecule has 4 nitrogen and oxygen atoms in total. The third kappa shape index (κ3) is 3.87. The van der Waals surface area contributed by atoms with Crippen LogP contribution in [0, 0.1) is 13.8 Å². The van der Waals surface area contributed by atoms with Crippen molar-refractivity contribution in [3.63, 3.8) is 0 Å². The number of benzene rings is 3. The van der Waals surface area contributed by atoms with Gasteiger partial charge in [-0.3, -0.25) is 4.90 Å². The molecule has 0 aliphatic carbocycles. The topological polar surface area (TPSA) is 32.3 Å². The molecule has 0 spiro atoms. The summed E-state index contributed by atoms with van der Waals surface area (Å²) >= 11 is 0. The molecule has 1 saturated heterocycles. The zero-order chi connectivity index (χ0) is 22.1. The van der Waals surface area contributed by atoms with Gasteiger partial charge in [0.1, 0.15) is 0 Å². The van der Waals surface area contributed by atoms with Gasteiger partial charge in [0.25, 0.3) is 0 Å². The van der Waals surface area contributed by atoms with Crippen LogP contribution in [0.1, 0.15) is 35.6 Å². The van der Waals surface area contributed by atoms with Gasteiger partial charge in [-0.25, -0.2) is 9.97 Å². The van der Waals surface area contributed by atoms with E-state index < -0.39 is 0 Å². The minimum absolute atomic E-state index is 0.452. The van der Waals surface area contributed by atoms with Crippen LogP contribution in [0.15, 0.2) is 72.8 Å². The molecule has 0 radical (unpaired) electrons. The Morgan fingerprint density at radius 2 is 1.44 bits per heavy atom. The predicted molar refractivity (Wildman–Crippen MR) is 133 cm³/mol. The first-order valence-corrected chi connectivity index (χ1v) is 11.5. The molecule has 1 aromatic heterocycles. The molecule has 32 heavy (non-hydrogen) atoms. The zero-order valence-electron chi connectivity index (χ0n) is 19.1. The van der Waals surface area contributed by atoms with E-state index >= 15 is 0 Å². The summed E-state index contributed by atoms with van der Waals surface area (Å²) in [6.45, 7) is 6.55. The van der Waals surface area contributed by atoms with Crippen molar-refractivity contribution in [2.45, 2.75) is 32.6 Å². The van der Waals surface area contributed by atoms with Gasteiger partial charge in [-0.1, -0.05) is 54.6 Å². The molecule has 0 saturated carbocycles. The number of piperidine rings is 1. The van der Waals surface area contributed by atoms with Gasteiger partial charge in [0, 0.05) is 17.0 Å². The molecule has 0 unspecified atom stereocenters. The van der Waals surface area contributed by atoms with Gasteiger partial charge in [-0.2, -0.15) is 0 Å². The molecule has 0 amide bonds. The quantitative estimate of drug-likeness (QED) is 0.374. The lowest BCUT2D eigenvalue weighted by molar-refractivity contribution is 0.254. The van der Waals surface area contributed by atoms with Gasteiger partial charge in [-0.05, 0) is 76.2 Å². The van der Waals surface area contributed by atoms with E-state index in [2.05, 4.69) is 103 Å². The highest BCUT2D eigenvalue weighted by Gasteiger charge is 2.25. The van der Waals surface area contributed by atoms with Crippen molar-refractivity contribution in [3.8, 4) is 0 Å². The lowest BCUT2D eigenvalue weighted by Gasteiger charge is -2.31. The summed E-state index contributed by atoms with van der Waals surface area (Å²) in [4.78, 5) is 15.0. The molecule has 2 heterocycles. The smallest absolute Gasteiger partial charge is 0.235 e. The van der Waals surface area contributed by atoms with E-state index in [-0.39, 0.29) is 0 Å². The molecule has 0 atom stereocenters. The number of para-hydroxylation sites is 3. The summed E-state index contributed by atoms with van der Waals surface area (Å²) in [5, 5.41) is 1.18. The van der Waals surface area contributed by atoms with E-state index in [1.165, 1.54) is 22.2 Å². The average Bonchev–Trinajstić information content (AvgIpc) is 2.82. The Morgan fingerprint density at radius 1 is 0.781 bits per heavy atom. The van der Waals surface area contributed by atoms with E-state index in [0.29, 0.717) is 5.92 Å². The van der Waals surface area contributed by atoms with Crippen LogP contribution in [0.2, 0.25) is 0 Å². The number of anilines is 3. The van der Waals surface area contributed by atoms with Crippen molar-refractivity contribution in [1.82, 2.24) is 14.9 Å². The monoisotopic (exact) mass is 422 g/mol. The second-order valence-corrected chi connectivity index (χ2v) is 8.91. The number of nitrogens with zero attached hydrogens (tertiary/aromatic N) is 4. The van der Waals surface area contributed by atoms with Crippen molar-refractivity contribution in [2.75, 3.05) is 25.0 Å². The molecule has 1 aliphatic heterocycles. The number of aromatic nitrogens is 2.